The lowest BCUT2D eigenvalue weighted by Gasteiger charge is -2.20. The molecule has 0 aliphatic rings. The standard InChI is InChI=1S/C14H14ClNO.C12H16O2/c1-14(2,3)13(17)12-10-7-5-4-6-9(10)8-11(15)16-12;1-12(2,3)11(14)10(13)9-7-5-4-6-8-9/h4-8H,1-3H3;4-8,10,13H,1-3H3/t;10-/m.0/s1. The molecule has 5 heteroatoms. The van der Waals surface area contributed by atoms with Gasteiger partial charge in [-0.25, -0.2) is 4.98 Å². The quantitative estimate of drug-likeness (QED) is 0.376. The van der Waals surface area contributed by atoms with Crippen LogP contribution < -0.4 is 0 Å². The maximum Gasteiger partial charge on any atom is 0.187 e. The van der Waals surface area contributed by atoms with E-state index < -0.39 is 16.9 Å². The molecule has 0 amide bonds. The van der Waals surface area contributed by atoms with Gasteiger partial charge in [-0.2, -0.15) is 0 Å². The Morgan fingerprint density at radius 1 is 0.871 bits per heavy atom. The lowest BCUT2D eigenvalue weighted by Crippen LogP contribution is -2.26. The van der Waals surface area contributed by atoms with Crippen molar-refractivity contribution in [1.82, 2.24) is 4.98 Å². The molecule has 0 unspecified atom stereocenters. The van der Waals surface area contributed by atoms with E-state index in [-0.39, 0.29) is 11.6 Å². The molecular formula is C26H30ClNO3. The zero-order chi connectivity index (χ0) is 23.4. The van der Waals surface area contributed by atoms with Gasteiger partial charge in [0.1, 0.15) is 17.0 Å². The van der Waals surface area contributed by atoms with E-state index in [0.29, 0.717) is 16.4 Å². The van der Waals surface area contributed by atoms with Gasteiger partial charge in [0, 0.05) is 16.2 Å². The number of Topliss-reactive ketones (excluding diaryl/α,β-unsaturated/α-hetero) is 2. The van der Waals surface area contributed by atoms with E-state index in [4.69, 9.17) is 11.6 Å². The SMILES string of the molecule is CC(C)(C)C(=O)[C@@H](O)c1ccccc1.CC(C)(C)C(=O)c1nc(Cl)cc2ccccc12. The topological polar surface area (TPSA) is 67.3 Å². The van der Waals surface area contributed by atoms with Crippen LogP contribution in [0.1, 0.15) is 63.7 Å². The molecule has 0 radical (unpaired) electrons. The van der Waals surface area contributed by atoms with Crippen molar-refractivity contribution in [2.75, 3.05) is 0 Å². The molecule has 1 aromatic heterocycles. The minimum atomic E-state index is -1.00. The predicted molar refractivity (Wildman–Crippen MR) is 126 cm³/mol. The lowest BCUT2D eigenvalue weighted by atomic mass is 9.85. The number of nitrogens with zero attached hydrogens (tertiary/aromatic N) is 1. The summed E-state index contributed by atoms with van der Waals surface area (Å²) in [4.78, 5) is 28.2. The highest BCUT2D eigenvalue weighted by molar-refractivity contribution is 6.30. The van der Waals surface area contributed by atoms with Crippen LogP contribution in [0.25, 0.3) is 10.8 Å². The summed E-state index contributed by atoms with van der Waals surface area (Å²) in [6, 6.07) is 18.4. The third-order valence-electron chi connectivity index (χ3n) is 4.71. The predicted octanol–water partition coefficient (Wildman–Crippen LogP) is 6.45. The van der Waals surface area contributed by atoms with Crippen molar-refractivity contribution < 1.29 is 14.7 Å². The smallest absolute Gasteiger partial charge is 0.187 e. The van der Waals surface area contributed by atoms with Crippen molar-refractivity contribution in [3.05, 3.63) is 77.1 Å². The van der Waals surface area contributed by atoms with Gasteiger partial charge in [-0.3, -0.25) is 9.59 Å². The molecule has 1 heterocycles. The second kappa shape index (κ2) is 9.71. The van der Waals surface area contributed by atoms with Gasteiger partial charge in [0.05, 0.1) is 0 Å². The first-order valence-corrected chi connectivity index (χ1v) is 10.6. The highest BCUT2D eigenvalue weighted by atomic mass is 35.5. The molecule has 2 aromatic carbocycles. The van der Waals surface area contributed by atoms with Crippen LogP contribution in [0.3, 0.4) is 0 Å². The van der Waals surface area contributed by atoms with Gasteiger partial charge in [-0.1, -0.05) is 108 Å². The fourth-order valence-corrected chi connectivity index (χ4v) is 3.09. The average Bonchev–Trinajstić information content (AvgIpc) is 2.71. The second-order valence-electron chi connectivity index (χ2n) is 9.52. The Morgan fingerprint density at radius 3 is 1.97 bits per heavy atom. The number of aliphatic hydroxyl groups excluding tert-OH is 1. The molecule has 0 bridgehead atoms. The number of aliphatic hydroxyl groups is 1. The first kappa shape index (κ1) is 24.7. The molecule has 1 atom stereocenters. The fraction of sp³-hybridized carbons (Fsp3) is 0.346. The molecular weight excluding hydrogens is 410 g/mol. The minimum absolute atomic E-state index is 0.0104. The molecule has 0 saturated carbocycles. The average molecular weight is 440 g/mol. The van der Waals surface area contributed by atoms with Gasteiger partial charge in [0.15, 0.2) is 11.6 Å². The number of hydrogen-bond acceptors (Lipinski definition) is 4. The van der Waals surface area contributed by atoms with Crippen molar-refractivity contribution >= 4 is 33.9 Å². The number of aromatic nitrogens is 1. The highest BCUT2D eigenvalue weighted by Gasteiger charge is 2.29. The van der Waals surface area contributed by atoms with E-state index in [0.717, 1.165) is 10.8 Å². The van der Waals surface area contributed by atoms with Gasteiger partial charge in [0.25, 0.3) is 0 Å². The van der Waals surface area contributed by atoms with Crippen molar-refractivity contribution in [3.63, 3.8) is 0 Å². The molecule has 0 aliphatic carbocycles. The summed E-state index contributed by atoms with van der Waals surface area (Å²) in [5.41, 5.74) is 0.156. The number of benzene rings is 2. The maximum absolute atomic E-state index is 12.3. The van der Waals surface area contributed by atoms with Gasteiger partial charge >= 0.3 is 0 Å². The van der Waals surface area contributed by atoms with Crippen molar-refractivity contribution in [2.24, 2.45) is 10.8 Å². The molecule has 3 aromatic rings. The van der Waals surface area contributed by atoms with Crippen molar-refractivity contribution in [3.8, 4) is 0 Å². The summed E-state index contributed by atoms with van der Waals surface area (Å²) in [5, 5.41) is 11.9. The summed E-state index contributed by atoms with van der Waals surface area (Å²) >= 11 is 5.95. The number of hydrogen-bond donors (Lipinski definition) is 1. The van der Waals surface area contributed by atoms with Gasteiger partial charge < -0.3 is 5.11 Å². The number of halogens is 1. The molecule has 0 fully saturated rings. The Hall–Kier alpha value is -2.56. The minimum Gasteiger partial charge on any atom is -0.381 e. The molecule has 1 N–H and O–H groups in total. The van der Waals surface area contributed by atoms with Gasteiger partial charge in [0.2, 0.25) is 0 Å². The molecule has 0 spiro atoms. The Labute approximate surface area is 189 Å². The van der Waals surface area contributed by atoms with Crippen LogP contribution in [0.4, 0.5) is 0 Å². The molecule has 31 heavy (non-hydrogen) atoms. The Balaban J connectivity index is 0.000000225. The summed E-state index contributed by atoms with van der Waals surface area (Å²) in [6.07, 6.45) is -1.00. The zero-order valence-electron chi connectivity index (χ0n) is 18.9. The van der Waals surface area contributed by atoms with Crippen LogP contribution in [-0.2, 0) is 4.79 Å². The van der Waals surface area contributed by atoms with Crippen LogP contribution in [0.15, 0.2) is 60.7 Å². The number of carbonyl (C=O) groups excluding carboxylic acids is 2. The molecule has 0 aliphatic heterocycles. The third kappa shape index (κ3) is 6.46. The lowest BCUT2D eigenvalue weighted by molar-refractivity contribution is -0.135. The number of ketones is 2. The summed E-state index contributed by atoms with van der Waals surface area (Å²) in [6.45, 7) is 11.1. The first-order valence-electron chi connectivity index (χ1n) is 10.2. The Kier molecular flexibility index (Phi) is 7.74. The number of pyridine rings is 1. The summed E-state index contributed by atoms with van der Waals surface area (Å²) in [7, 11) is 0. The Bertz CT molecular complexity index is 1060. The van der Waals surface area contributed by atoms with Crippen LogP contribution in [-0.4, -0.2) is 21.7 Å². The summed E-state index contributed by atoms with van der Waals surface area (Å²) < 4.78 is 0. The van der Waals surface area contributed by atoms with Crippen LogP contribution >= 0.6 is 11.6 Å². The third-order valence-corrected chi connectivity index (χ3v) is 4.90. The first-order chi connectivity index (χ1) is 14.3. The van der Waals surface area contributed by atoms with Gasteiger partial charge in [-0.15, -0.1) is 0 Å². The summed E-state index contributed by atoms with van der Waals surface area (Å²) in [5.74, 6) is -0.139. The largest absolute Gasteiger partial charge is 0.381 e. The number of rotatable bonds is 3. The van der Waals surface area contributed by atoms with E-state index in [1.807, 2.05) is 84.0 Å². The van der Waals surface area contributed by atoms with Crippen LogP contribution in [0, 0.1) is 10.8 Å². The normalized spacial score (nSPS) is 12.6. The molecule has 0 saturated heterocycles. The van der Waals surface area contributed by atoms with E-state index in [9.17, 15) is 14.7 Å². The highest BCUT2D eigenvalue weighted by Crippen LogP contribution is 2.27. The van der Waals surface area contributed by atoms with Crippen LogP contribution in [0.5, 0.6) is 0 Å². The number of carbonyl (C=O) groups is 2. The van der Waals surface area contributed by atoms with Crippen molar-refractivity contribution in [1.29, 1.82) is 0 Å². The second-order valence-corrected chi connectivity index (χ2v) is 9.91. The zero-order valence-corrected chi connectivity index (χ0v) is 19.7. The van der Waals surface area contributed by atoms with E-state index >= 15 is 0 Å². The van der Waals surface area contributed by atoms with Crippen molar-refractivity contribution in [2.45, 2.75) is 47.6 Å². The van der Waals surface area contributed by atoms with Gasteiger partial charge in [-0.05, 0) is 17.0 Å². The fourth-order valence-electron chi connectivity index (χ4n) is 2.89. The van der Waals surface area contributed by atoms with E-state index in [1.165, 1.54) is 0 Å². The van der Waals surface area contributed by atoms with E-state index in [2.05, 4.69) is 4.98 Å². The Morgan fingerprint density at radius 2 is 1.42 bits per heavy atom. The monoisotopic (exact) mass is 439 g/mol. The molecule has 3 rings (SSSR count). The molecule has 164 valence electrons. The maximum atomic E-state index is 12.3. The number of fused-ring (bicyclic) bond motifs is 1. The van der Waals surface area contributed by atoms with Crippen LogP contribution in [0.2, 0.25) is 5.15 Å². The van der Waals surface area contributed by atoms with E-state index in [1.54, 1.807) is 18.2 Å². The molecule has 4 nitrogen and oxygen atoms in total.